The minimum Gasteiger partial charge on any atom is -0.352 e. The minimum atomic E-state index is -1.28. The van der Waals surface area contributed by atoms with Gasteiger partial charge in [-0.3, -0.25) is 14.4 Å². The number of hydrogen-bond donors (Lipinski definition) is 1. The Hall–Kier alpha value is -3.70. The second-order valence-corrected chi connectivity index (χ2v) is 9.42. The lowest BCUT2D eigenvalue weighted by atomic mass is 9.64. The van der Waals surface area contributed by atoms with Crippen molar-refractivity contribution in [3.63, 3.8) is 0 Å². The number of hydrogen-bond acceptors (Lipinski definition) is 4. The van der Waals surface area contributed by atoms with Crippen molar-refractivity contribution in [1.29, 1.82) is 0 Å². The fourth-order valence-electron chi connectivity index (χ4n) is 6.10. The molecule has 3 aromatic rings. The Labute approximate surface area is 202 Å². The third-order valence-corrected chi connectivity index (χ3v) is 7.71. The predicted molar refractivity (Wildman–Crippen MR) is 132 cm³/mol. The van der Waals surface area contributed by atoms with Crippen LogP contribution < -0.4 is 10.2 Å². The van der Waals surface area contributed by atoms with Gasteiger partial charge in [0.25, 0.3) is 0 Å². The molecular formula is C28H21ClN2O3. The van der Waals surface area contributed by atoms with Crippen molar-refractivity contribution < 1.29 is 14.4 Å². The maximum Gasteiger partial charge on any atom is 0.238 e. The summed E-state index contributed by atoms with van der Waals surface area (Å²) in [4.78, 5) is 43.5. The van der Waals surface area contributed by atoms with E-state index in [9.17, 15) is 14.4 Å². The van der Waals surface area contributed by atoms with E-state index in [0.29, 0.717) is 16.3 Å². The van der Waals surface area contributed by atoms with Gasteiger partial charge in [0.2, 0.25) is 5.91 Å². The van der Waals surface area contributed by atoms with Crippen LogP contribution in [0.25, 0.3) is 6.08 Å². The topological polar surface area (TPSA) is 66.5 Å². The molecule has 168 valence electrons. The lowest BCUT2D eigenvalue weighted by Gasteiger charge is -2.37. The number of nitrogens with one attached hydrogen (secondary N) is 1. The highest BCUT2D eigenvalue weighted by atomic mass is 35.5. The molecule has 3 aliphatic heterocycles. The molecule has 1 N–H and O–H groups in total. The monoisotopic (exact) mass is 468 g/mol. The number of carbonyl (C=O) groups excluding carboxylic acids is 3. The van der Waals surface area contributed by atoms with Crippen LogP contribution in [0.1, 0.15) is 28.4 Å². The summed E-state index contributed by atoms with van der Waals surface area (Å²) in [6.45, 7) is 1.49. The van der Waals surface area contributed by atoms with Crippen molar-refractivity contribution >= 4 is 46.5 Å². The Bertz CT molecular complexity index is 1410. The summed E-state index contributed by atoms with van der Waals surface area (Å²) in [6.07, 6.45) is 3.94. The van der Waals surface area contributed by atoms with E-state index in [-0.39, 0.29) is 17.5 Å². The van der Waals surface area contributed by atoms with Gasteiger partial charge in [0.1, 0.15) is 5.41 Å². The highest BCUT2D eigenvalue weighted by Crippen LogP contribution is 2.57. The van der Waals surface area contributed by atoms with Gasteiger partial charge in [0.15, 0.2) is 11.6 Å². The third kappa shape index (κ3) is 2.59. The number of para-hydroxylation sites is 2. The highest BCUT2D eigenvalue weighted by molar-refractivity contribution is 6.34. The zero-order valence-electron chi connectivity index (χ0n) is 18.4. The first-order chi connectivity index (χ1) is 16.5. The molecule has 0 aliphatic carbocycles. The number of nitrogens with zero attached hydrogens (tertiary/aromatic N) is 1. The Morgan fingerprint density at radius 2 is 1.68 bits per heavy atom. The number of anilines is 2. The van der Waals surface area contributed by atoms with Gasteiger partial charge in [0.05, 0.1) is 23.0 Å². The summed E-state index contributed by atoms with van der Waals surface area (Å²) in [6, 6.07) is 20.7. The summed E-state index contributed by atoms with van der Waals surface area (Å²) in [5.41, 5.74) is 2.20. The van der Waals surface area contributed by atoms with E-state index in [0.717, 1.165) is 16.8 Å². The molecule has 3 heterocycles. The van der Waals surface area contributed by atoms with Crippen molar-refractivity contribution in [1.82, 2.24) is 0 Å². The van der Waals surface area contributed by atoms with Crippen LogP contribution in [0.15, 0.2) is 78.9 Å². The van der Waals surface area contributed by atoms with Gasteiger partial charge in [0, 0.05) is 16.9 Å². The molecule has 1 fully saturated rings. The van der Waals surface area contributed by atoms with Crippen molar-refractivity contribution in [2.45, 2.75) is 24.4 Å². The average Bonchev–Trinajstić information content (AvgIpc) is 3.32. The van der Waals surface area contributed by atoms with Crippen LogP contribution >= 0.6 is 11.6 Å². The van der Waals surface area contributed by atoms with Gasteiger partial charge < -0.3 is 10.2 Å². The highest BCUT2D eigenvalue weighted by Gasteiger charge is 2.69. The fourth-order valence-corrected chi connectivity index (χ4v) is 6.33. The Balaban J connectivity index is 1.68. The van der Waals surface area contributed by atoms with Gasteiger partial charge in [-0.05, 0) is 42.3 Å². The second kappa shape index (κ2) is 7.40. The molecule has 3 aromatic carbocycles. The number of rotatable bonds is 3. The summed E-state index contributed by atoms with van der Waals surface area (Å²) < 4.78 is 0. The van der Waals surface area contributed by atoms with E-state index in [1.807, 2.05) is 65.6 Å². The standard InChI is InChI=1S/C28H21ClN2O3/c1-16(32)25-24(26(33)18-9-3-5-11-20(18)29)28(19-10-4-6-12-21(19)30-27(28)34)23-15-14-17-8-2-7-13-22(17)31(23)25/h2-15,23-25H,1H3,(H,30,34). The van der Waals surface area contributed by atoms with Crippen LogP contribution in [0, 0.1) is 5.92 Å². The summed E-state index contributed by atoms with van der Waals surface area (Å²) in [5, 5.41) is 3.30. The smallest absolute Gasteiger partial charge is 0.238 e. The summed E-state index contributed by atoms with van der Waals surface area (Å²) >= 11 is 6.46. The van der Waals surface area contributed by atoms with Gasteiger partial charge in [-0.25, -0.2) is 0 Å². The zero-order valence-corrected chi connectivity index (χ0v) is 19.1. The normalized spacial score (nSPS) is 26.1. The minimum absolute atomic E-state index is 0.172. The number of halogens is 1. The molecular weight excluding hydrogens is 448 g/mol. The van der Waals surface area contributed by atoms with Crippen molar-refractivity contribution in [2.24, 2.45) is 5.92 Å². The molecule has 34 heavy (non-hydrogen) atoms. The molecule has 1 saturated heterocycles. The van der Waals surface area contributed by atoms with Crippen molar-refractivity contribution in [3.05, 3.63) is 101 Å². The fraction of sp³-hybridized carbons (Fsp3) is 0.179. The molecule has 0 bridgehead atoms. The SMILES string of the molecule is CC(=O)C1C(C(=O)c2ccccc2Cl)C2(C(=O)Nc3ccccc32)C2C=Cc3ccccc3N12. The van der Waals surface area contributed by atoms with Gasteiger partial charge in [-0.1, -0.05) is 72.3 Å². The van der Waals surface area contributed by atoms with Crippen molar-refractivity contribution in [3.8, 4) is 0 Å². The molecule has 5 nitrogen and oxygen atoms in total. The quantitative estimate of drug-likeness (QED) is 0.555. The molecule has 4 unspecified atom stereocenters. The predicted octanol–water partition coefficient (Wildman–Crippen LogP) is 4.90. The first-order valence-electron chi connectivity index (χ1n) is 11.2. The summed E-state index contributed by atoms with van der Waals surface area (Å²) in [5.74, 6) is -1.72. The first kappa shape index (κ1) is 20.9. The number of fused-ring (bicyclic) bond motifs is 6. The van der Waals surface area contributed by atoms with Crippen molar-refractivity contribution in [2.75, 3.05) is 10.2 Å². The number of amides is 1. The molecule has 6 rings (SSSR count). The van der Waals surface area contributed by atoms with E-state index in [1.165, 1.54) is 6.92 Å². The first-order valence-corrected chi connectivity index (χ1v) is 11.6. The van der Waals surface area contributed by atoms with E-state index >= 15 is 0 Å². The maximum atomic E-state index is 14.3. The Morgan fingerprint density at radius 3 is 2.47 bits per heavy atom. The van der Waals surface area contributed by atoms with Crippen LogP contribution in [-0.2, 0) is 15.0 Å². The molecule has 1 spiro atoms. The lowest BCUT2D eigenvalue weighted by molar-refractivity contribution is -0.122. The molecule has 0 radical (unpaired) electrons. The van der Waals surface area contributed by atoms with E-state index in [1.54, 1.807) is 24.3 Å². The molecule has 3 aliphatic rings. The average molecular weight is 469 g/mol. The largest absolute Gasteiger partial charge is 0.352 e. The van der Waals surface area contributed by atoms with Crippen LogP contribution in [0.5, 0.6) is 0 Å². The van der Waals surface area contributed by atoms with Crippen LogP contribution in [0.3, 0.4) is 0 Å². The van der Waals surface area contributed by atoms with Crippen LogP contribution in [-0.4, -0.2) is 29.6 Å². The Morgan fingerprint density at radius 1 is 0.971 bits per heavy atom. The van der Waals surface area contributed by atoms with Crippen LogP contribution in [0.2, 0.25) is 5.02 Å². The zero-order chi connectivity index (χ0) is 23.6. The number of Topliss-reactive ketones (excluding diaryl/α,β-unsaturated/α-hetero) is 2. The molecule has 0 aromatic heterocycles. The molecule has 6 heteroatoms. The van der Waals surface area contributed by atoms with E-state index in [2.05, 4.69) is 5.32 Å². The van der Waals surface area contributed by atoms with E-state index in [4.69, 9.17) is 11.6 Å². The molecule has 0 saturated carbocycles. The molecule has 1 amide bonds. The lowest BCUT2D eigenvalue weighted by Crippen LogP contribution is -2.51. The van der Waals surface area contributed by atoms with Crippen LogP contribution in [0.4, 0.5) is 11.4 Å². The van der Waals surface area contributed by atoms with Gasteiger partial charge in [-0.15, -0.1) is 0 Å². The van der Waals surface area contributed by atoms with Gasteiger partial charge in [-0.2, -0.15) is 0 Å². The molecule has 4 atom stereocenters. The number of ketones is 2. The number of carbonyl (C=O) groups is 3. The third-order valence-electron chi connectivity index (χ3n) is 7.38. The van der Waals surface area contributed by atoms with E-state index < -0.39 is 23.4 Å². The summed E-state index contributed by atoms with van der Waals surface area (Å²) in [7, 11) is 0. The number of benzene rings is 3. The second-order valence-electron chi connectivity index (χ2n) is 9.02. The maximum absolute atomic E-state index is 14.3. The Kier molecular flexibility index (Phi) is 4.55. The van der Waals surface area contributed by atoms with Gasteiger partial charge >= 0.3 is 0 Å².